The lowest BCUT2D eigenvalue weighted by Crippen LogP contribution is -2.45. The zero-order valence-electron chi connectivity index (χ0n) is 8.96. The van der Waals surface area contributed by atoms with Crippen LogP contribution in [0.2, 0.25) is 0 Å². The molecule has 0 amide bonds. The fraction of sp³-hybridized carbons (Fsp3) is 0.500. The molecule has 0 atom stereocenters. The smallest absolute Gasteiger partial charge is 0.130 e. The van der Waals surface area contributed by atoms with Crippen molar-refractivity contribution in [2.75, 3.05) is 13.1 Å². The van der Waals surface area contributed by atoms with Gasteiger partial charge in [-0.1, -0.05) is 6.07 Å². The minimum absolute atomic E-state index is 0. The number of hydrogen-bond acceptors (Lipinski definition) is 2. The third kappa shape index (κ3) is 1.78. The number of nitrogens with one attached hydrogen (secondary N) is 1. The van der Waals surface area contributed by atoms with Gasteiger partial charge in [0.15, 0.2) is 0 Å². The average molecular weight is 244 g/mol. The lowest BCUT2D eigenvalue weighted by molar-refractivity contribution is 0.0599. The minimum atomic E-state index is -0.129. The Labute approximate surface area is 101 Å². The summed E-state index contributed by atoms with van der Waals surface area (Å²) in [5, 5.41) is 3.30. The van der Waals surface area contributed by atoms with Gasteiger partial charge in [-0.25, -0.2) is 4.39 Å². The Morgan fingerprint density at radius 3 is 2.69 bits per heavy atom. The highest BCUT2D eigenvalue weighted by atomic mass is 35.5. The number of fused-ring (bicyclic) bond motifs is 1. The van der Waals surface area contributed by atoms with Gasteiger partial charge in [-0.15, -0.1) is 12.4 Å². The molecule has 1 N–H and O–H groups in total. The van der Waals surface area contributed by atoms with Gasteiger partial charge >= 0.3 is 0 Å². The minimum Gasteiger partial charge on any atom is -0.486 e. The normalized spacial score (nSPS) is 21.1. The number of rotatable bonds is 0. The maximum absolute atomic E-state index is 13.5. The van der Waals surface area contributed by atoms with Gasteiger partial charge in [0.1, 0.15) is 17.2 Å². The molecule has 3 rings (SSSR count). The summed E-state index contributed by atoms with van der Waals surface area (Å²) >= 11 is 0. The van der Waals surface area contributed by atoms with Crippen molar-refractivity contribution in [1.29, 1.82) is 0 Å². The third-order valence-corrected chi connectivity index (χ3v) is 3.42. The van der Waals surface area contributed by atoms with Crippen molar-refractivity contribution < 1.29 is 9.13 Å². The molecule has 2 nitrogen and oxygen atoms in total. The summed E-state index contributed by atoms with van der Waals surface area (Å²) in [5.74, 6) is 0.625. The van der Waals surface area contributed by atoms with E-state index in [1.807, 2.05) is 6.07 Å². The Morgan fingerprint density at radius 2 is 2.00 bits per heavy atom. The first-order valence-corrected chi connectivity index (χ1v) is 5.46. The van der Waals surface area contributed by atoms with Crippen LogP contribution in [0.3, 0.4) is 0 Å². The predicted octanol–water partition coefficient (Wildman–Crippen LogP) is 2.30. The van der Waals surface area contributed by atoms with E-state index >= 15 is 0 Å². The molecule has 2 aliphatic heterocycles. The summed E-state index contributed by atoms with van der Waals surface area (Å²) in [7, 11) is 0. The molecule has 0 aliphatic carbocycles. The molecular formula is C12H15ClFNO. The highest BCUT2D eigenvalue weighted by Crippen LogP contribution is 2.40. The molecule has 88 valence electrons. The Balaban J connectivity index is 0.000000963. The van der Waals surface area contributed by atoms with Crippen LogP contribution in [0.15, 0.2) is 18.2 Å². The summed E-state index contributed by atoms with van der Waals surface area (Å²) in [4.78, 5) is 0. The lowest BCUT2D eigenvalue weighted by atomic mass is 9.88. The van der Waals surface area contributed by atoms with E-state index in [1.165, 1.54) is 6.07 Å². The van der Waals surface area contributed by atoms with Gasteiger partial charge in [-0.05, 0) is 38.1 Å². The molecule has 0 radical (unpaired) electrons. The average Bonchev–Trinajstić information content (AvgIpc) is 2.59. The largest absolute Gasteiger partial charge is 0.486 e. The summed E-state index contributed by atoms with van der Waals surface area (Å²) < 4.78 is 19.5. The second kappa shape index (κ2) is 4.22. The van der Waals surface area contributed by atoms with Crippen LogP contribution >= 0.6 is 12.4 Å². The topological polar surface area (TPSA) is 21.3 Å². The summed E-state index contributed by atoms with van der Waals surface area (Å²) in [5.41, 5.74) is 0.634. The van der Waals surface area contributed by atoms with Crippen LogP contribution in [0.25, 0.3) is 0 Å². The van der Waals surface area contributed by atoms with Crippen molar-refractivity contribution in [2.24, 2.45) is 0 Å². The zero-order chi connectivity index (χ0) is 10.3. The molecule has 2 heterocycles. The molecule has 1 aromatic rings. The maximum Gasteiger partial charge on any atom is 0.130 e. The van der Waals surface area contributed by atoms with E-state index in [1.54, 1.807) is 6.07 Å². The summed E-state index contributed by atoms with van der Waals surface area (Å²) in [6.45, 7) is 1.94. The Hall–Kier alpha value is -0.800. The molecule has 0 saturated carbocycles. The number of hydrogen-bond donors (Lipinski definition) is 1. The molecule has 1 spiro atoms. The van der Waals surface area contributed by atoms with Gasteiger partial charge in [-0.3, -0.25) is 0 Å². The van der Waals surface area contributed by atoms with Gasteiger partial charge in [0.2, 0.25) is 0 Å². The first-order chi connectivity index (χ1) is 7.29. The Morgan fingerprint density at radius 1 is 1.25 bits per heavy atom. The van der Waals surface area contributed by atoms with E-state index < -0.39 is 0 Å². The van der Waals surface area contributed by atoms with E-state index in [0.29, 0.717) is 0 Å². The van der Waals surface area contributed by atoms with Gasteiger partial charge in [0.05, 0.1) is 0 Å². The first kappa shape index (κ1) is 11.7. The molecular weight excluding hydrogens is 229 g/mol. The molecule has 0 unspecified atom stereocenters. The fourth-order valence-electron chi connectivity index (χ4n) is 2.56. The van der Waals surface area contributed by atoms with E-state index in [9.17, 15) is 4.39 Å². The quantitative estimate of drug-likeness (QED) is 0.755. The van der Waals surface area contributed by atoms with Crippen LogP contribution in [-0.4, -0.2) is 18.7 Å². The van der Waals surface area contributed by atoms with Crippen LogP contribution < -0.4 is 10.1 Å². The monoisotopic (exact) mass is 243 g/mol. The molecule has 2 aliphatic rings. The van der Waals surface area contributed by atoms with E-state index in [2.05, 4.69) is 5.32 Å². The second-order valence-corrected chi connectivity index (χ2v) is 4.43. The van der Waals surface area contributed by atoms with E-state index in [0.717, 1.165) is 43.7 Å². The van der Waals surface area contributed by atoms with Crippen LogP contribution in [-0.2, 0) is 6.42 Å². The third-order valence-electron chi connectivity index (χ3n) is 3.42. The van der Waals surface area contributed by atoms with Gasteiger partial charge in [0, 0.05) is 12.0 Å². The first-order valence-electron chi connectivity index (χ1n) is 5.46. The second-order valence-electron chi connectivity index (χ2n) is 4.43. The molecule has 16 heavy (non-hydrogen) atoms. The van der Waals surface area contributed by atoms with Crippen molar-refractivity contribution in [3.05, 3.63) is 29.6 Å². The number of halogens is 2. The fourth-order valence-corrected chi connectivity index (χ4v) is 2.56. The molecule has 1 fully saturated rings. The van der Waals surface area contributed by atoms with Crippen molar-refractivity contribution in [3.8, 4) is 5.75 Å². The van der Waals surface area contributed by atoms with Crippen LogP contribution in [0.5, 0.6) is 5.75 Å². The Bertz CT molecular complexity index is 391. The predicted molar refractivity (Wildman–Crippen MR) is 62.8 cm³/mol. The highest BCUT2D eigenvalue weighted by Gasteiger charge is 2.41. The number of piperidine rings is 1. The standard InChI is InChI=1S/C12H14FNO.ClH/c13-10-2-1-3-11-9(10)8-12(15-11)4-6-14-7-5-12;/h1-3,14H,4-8H2;1H. The van der Waals surface area contributed by atoms with Gasteiger partial charge in [-0.2, -0.15) is 0 Å². The summed E-state index contributed by atoms with van der Waals surface area (Å²) in [6, 6.07) is 5.10. The van der Waals surface area contributed by atoms with E-state index in [-0.39, 0.29) is 23.8 Å². The Kier molecular flexibility index (Phi) is 3.08. The zero-order valence-corrected chi connectivity index (χ0v) is 9.78. The SMILES string of the molecule is Cl.Fc1cccc2c1CC1(CCNCC1)O2. The van der Waals surface area contributed by atoms with Crippen molar-refractivity contribution >= 4 is 12.4 Å². The van der Waals surface area contributed by atoms with Crippen LogP contribution in [0.4, 0.5) is 4.39 Å². The maximum atomic E-state index is 13.5. The number of ether oxygens (including phenoxy) is 1. The molecule has 0 bridgehead atoms. The molecule has 1 aromatic carbocycles. The lowest BCUT2D eigenvalue weighted by Gasteiger charge is -2.33. The van der Waals surface area contributed by atoms with Crippen molar-refractivity contribution in [1.82, 2.24) is 5.32 Å². The van der Waals surface area contributed by atoms with Crippen LogP contribution in [0, 0.1) is 5.82 Å². The van der Waals surface area contributed by atoms with Crippen LogP contribution in [0.1, 0.15) is 18.4 Å². The van der Waals surface area contributed by atoms with Crippen molar-refractivity contribution in [2.45, 2.75) is 24.9 Å². The highest BCUT2D eigenvalue weighted by molar-refractivity contribution is 5.85. The number of benzene rings is 1. The van der Waals surface area contributed by atoms with E-state index in [4.69, 9.17) is 4.74 Å². The van der Waals surface area contributed by atoms with Gasteiger partial charge in [0.25, 0.3) is 0 Å². The van der Waals surface area contributed by atoms with Crippen molar-refractivity contribution in [3.63, 3.8) is 0 Å². The molecule has 4 heteroatoms. The molecule has 1 saturated heterocycles. The molecule has 0 aromatic heterocycles. The van der Waals surface area contributed by atoms with Gasteiger partial charge < -0.3 is 10.1 Å². The summed E-state index contributed by atoms with van der Waals surface area (Å²) in [6.07, 6.45) is 2.68.